The van der Waals surface area contributed by atoms with Crippen molar-refractivity contribution in [3.8, 4) is 35.4 Å². The van der Waals surface area contributed by atoms with Crippen molar-refractivity contribution in [2.45, 2.75) is 12.1 Å². The summed E-state index contributed by atoms with van der Waals surface area (Å²) in [6.07, 6.45) is 11.7. The Morgan fingerprint density at radius 3 is 1.35 bits per heavy atom. The predicted molar refractivity (Wildman–Crippen MR) is 96.8 cm³/mol. The summed E-state index contributed by atoms with van der Waals surface area (Å²) in [7, 11) is 1.00. The summed E-state index contributed by atoms with van der Waals surface area (Å²) in [5.41, 5.74) is 8.23. The molecule has 0 aliphatic heterocycles. The van der Waals surface area contributed by atoms with Crippen LogP contribution in [0, 0.1) is 23.9 Å². The molecule has 2 rings (SSSR count). The van der Waals surface area contributed by atoms with E-state index in [2.05, 4.69) is 11.1 Å². The van der Waals surface area contributed by atoms with Crippen molar-refractivity contribution in [2.75, 3.05) is 14.2 Å². The molecule has 0 unspecified atom stereocenters. The van der Waals surface area contributed by atoms with Crippen LogP contribution in [0.15, 0.2) is 48.5 Å². The Morgan fingerprint density at radius 1 is 0.739 bits per heavy atom. The van der Waals surface area contributed by atoms with Crippen molar-refractivity contribution in [2.24, 2.45) is 0 Å². The smallest absolute Gasteiger partial charge is 0.224 e. The summed E-state index contributed by atoms with van der Waals surface area (Å²) in [6, 6.07) is 17.4. The number of methoxy groups -OCH3 is 2. The Kier molecular flexibility index (Phi) is 5.52. The van der Waals surface area contributed by atoms with Crippen molar-refractivity contribution in [3.05, 3.63) is 59.7 Å². The van der Waals surface area contributed by atoms with Crippen LogP contribution in [-0.4, -0.2) is 22.3 Å². The van der Waals surface area contributed by atoms with E-state index in [-0.39, 0.29) is 0 Å². The minimum absolute atomic E-state index is 0.760. The molecule has 3 heteroatoms. The second-order valence-electron chi connectivity index (χ2n) is 5.42. The van der Waals surface area contributed by atoms with E-state index in [1.54, 1.807) is 14.2 Å². The fourth-order valence-corrected chi connectivity index (χ4v) is 4.97. The van der Waals surface area contributed by atoms with E-state index >= 15 is 0 Å². The van der Waals surface area contributed by atoms with Crippen LogP contribution in [0.2, 0.25) is 0 Å². The van der Waals surface area contributed by atoms with Gasteiger partial charge in [0, 0.05) is 0 Å². The third kappa shape index (κ3) is 4.19. The minimum Gasteiger partial charge on any atom is -0.497 e. The lowest BCUT2D eigenvalue weighted by molar-refractivity contribution is 0.414. The quantitative estimate of drug-likeness (QED) is 0.600. The topological polar surface area (TPSA) is 18.5 Å². The van der Waals surface area contributed by atoms with Crippen LogP contribution in [0.5, 0.6) is 11.5 Å². The summed E-state index contributed by atoms with van der Waals surface area (Å²) >= 11 is 0. The first-order valence-electron chi connectivity index (χ1n) is 7.36. The Balaban J connectivity index is 2.20. The van der Waals surface area contributed by atoms with Gasteiger partial charge in [-0.05, 0) is 47.5 Å². The average Bonchev–Trinajstić information content (AvgIpc) is 2.62. The first-order chi connectivity index (χ1) is 11.1. The molecule has 0 heterocycles. The SMILES string of the molecule is C#C[Si](C#C)(Cc1ccc(OC)cc1)Cc1ccc(OC)cc1. The predicted octanol–water partition coefficient (Wildman–Crippen LogP) is 3.36. The molecule has 0 aromatic heterocycles. The Labute approximate surface area is 139 Å². The van der Waals surface area contributed by atoms with E-state index in [0.29, 0.717) is 0 Å². The van der Waals surface area contributed by atoms with Gasteiger partial charge in [0.05, 0.1) is 14.2 Å². The molecule has 0 aliphatic rings. The van der Waals surface area contributed by atoms with E-state index in [1.807, 2.05) is 48.5 Å². The van der Waals surface area contributed by atoms with Crippen molar-refractivity contribution in [1.82, 2.24) is 0 Å². The van der Waals surface area contributed by atoms with E-state index in [1.165, 1.54) is 0 Å². The van der Waals surface area contributed by atoms with Gasteiger partial charge in [-0.25, -0.2) is 0 Å². The van der Waals surface area contributed by atoms with Gasteiger partial charge in [0.2, 0.25) is 8.07 Å². The van der Waals surface area contributed by atoms with Crippen LogP contribution < -0.4 is 9.47 Å². The lowest BCUT2D eigenvalue weighted by atomic mass is 10.2. The van der Waals surface area contributed by atoms with Gasteiger partial charge in [-0.3, -0.25) is 0 Å². The van der Waals surface area contributed by atoms with Gasteiger partial charge in [-0.1, -0.05) is 24.3 Å². The molecule has 0 spiro atoms. The number of ether oxygens (including phenoxy) is 2. The second-order valence-corrected chi connectivity index (χ2v) is 8.87. The van der Waals surface area contributed by atoms with Gasteiger partial charge in [0.15, 0.2) is 0 Å². The summed E-state index contributed by atoms with van der Waals surface area (Å²) in [5, 5.41) is 0. The van der Waals surface area contributed by atoms with E-state index in [0.717, 1.165) is 34.7 Å². The maximum absolute atomic E-state index is 5.85. The number of benzene rings is 2. The molecule has 0 bridgehead atoms. The Morgan fingerprint density at radius 2 is 1.09 bits per heavy atom. The molecule has 2 aromatic carbocycles. The Bertz CT molecular complexity index is 653. The molecule has 0 saturated carbocycles. The lowest BCUT2D eigenvalue weighted by Crippen LogP contribution is -2.38. The molecule has 0 amide bonds. The van der Waals surface area contributed by atoms with E-state index in [4.69, 9.17) is 22.3 Å². The molecule has 0 N–H and O–H groups in total. The van der Waals surface area contributed by atoms with Crippen LogP contribution in [0.4, 0.5) is 0 Å². The molecule has 0 saturated heterocycles. The van der Waals surface area contributed by atoms with Crippen molar-refractivity contribution in [3.63, 3.8) is 0 Å². The molecular formula is C20H20O2Si. The zero-order valence-corrected chi connectivity index (χ0v) is 14.5. The monoisotopic (exact) mass is 320 g/mol. The summed E-state index contributed by atoms with van der Waals surface area (Å²) in [6.45, 7) is 0. The number of rotatable bonds is 6. The lowest BCUT2D eigenvalue weighted by Gasteiger charge is -2.20. The highest BCUT2D eigenvalue weighted by atomic mass is 28.3. The maximum atomic E-state index is 5.85. The fraction of sp³-hybridized carbons (Fsp3) is 0.200. The van der Waals surface area contributed by atoms with Crippen molar-refractivity contribution < 1.29 is 9.47 Å². The second kappa shape index (κ2) is 7.58. The van der Waals surface area contributed by atoms with Gasteiger partial charge in [-0.2, -0.15) is 0 Å². The maximum Gasteiger partial charge on any atom is 0.224 e. The van der Waals surface area contributed by atoms with E-state index < -0.39 is 8.07 Å². The summed E-state index contributed by atoms with van der Waals surface area (Å²) < 4.78 is 10.4. The van der Waals surface area contributed by atoms with Crippen molar-refractivity contribution >= 4 is 8.07 Å². The van der Waals surface area contributed by atoms with Gasteiger partial charge in [0.25, 0.3) is 0 Å². The van der Waals surface area contributed by atoms with Gasteiger partial charge in [-0.15, -0.1) is 23.9 Å². The third-order valence-electron chi connectivity index (χ3n) is 3.88. The van der Waals surface area contributed by atoms with E-state index in [9.17, 15) is 0 Å². The summed E-state index contributed by atoms with van der Waals surface area (Å²) in [5.74, 6) is 1.66. The van der Waals surface area contributed by atoms with Crippen LogP contribution in [0.3, 0.4) is 0 Å². The molecule has 0 atom stereocenters. The normalized spacial score (nSPS) is 10.4. The number of terminal acetylenes is 2. The van der Waals surface area contributed by atoms with Crippen LogP contribution in [0.25, 0.3) is 0 Å². The highest BCUT2D eigenvalue weighted by Gasteiger charge is 2.30. The third-order valence-corrected chi connectivity index (χ3v) is 7.01. The first kappa shape index (κ1) is 16.7. The zero-order chi connectivity index (χ0) is 16.7. The standard InChI is InChI=1S/C20H20O2Si/c1-5-23(6-2,15-17-7-11-19(21-3)12-8-17)16-18-9-13-20(22-4)14-10-18/h1-2,7-14H,15-16H2,3-4H3. The molecule has 116 valence electrons. The molecule has 2 nitrogen and oxygen atoms in total. The van der Waals surface area contributed by atoms with Crippen LogP contribution >= 0.6 is 0 Å². The molecule has 0 fully saturated rings. The van der Waals surface area contributed by atoms with Gasteiger partial charge in [0.1, 0.15) is 11.5 Å². The Hall–Kier alpha value is -2.62. The highest BCUT2D eigenvalue weighted by molar-refractivity contribution is 6.93. The van der Waals surface area contributed by atoms with Gasteiger partial charge >= 0.3 is 0 Å². The molecule has 2 aromatic rings. The largest absolute Gasteiger partial charge is 0.497 e. The number of hydrogen-bond acceptors (Lipinski definition) is 2. The molecule has 0 aliphatic carbocycles. The number of hydrogen-bond donors (Lipinski definition) is 0. The fourth-order valence-electron chi connectivity index (χ4n) is 2.49. The zero-order valence-electron chi connectivity index (χ0n) is 13.5. The molecule has 23 heavy (non-hydrogen) atoms. The van der Waals surface area contributed by atoms with Crippen LogP contribution in [-0.2, 0) is 12.1 Å². The molecule has 0 radical (unpaired) electrons. The summed E-state index contributed by atoms with van der Waals surface area (Å²) in [4.78, 5) is 0. The van der Waals surface area contributed by atoms with Crippen molar-refractivity contribution in [1.29, 1.82) is 0 Å². The molecular weight excluding hydrogens is 300 g/mol. The first-order valence-corrected chi connectivity index (χ1v) is 9.77. The van der Waals surface area contributed by atoms with Crippen LogP contribution in [0.1, 0.15) is 11.1 Å². The average molecular weight is 320 g/mol. The minimum atomic E-state index is -2.31. The van der Waals surface area contributed by atoms with Gasteiger partial charge < -0.3 is 9.47 Å². The highest BCUT2D eigenvalue weighted by Crippen LogP contribution is 2.20.